The fourth-order valence-electron chi connectivity index (χ4n) is 1.34. The van der Waals surface area contributed by atoms with Crippen LogP contribution in [0.15, 0.2) is 35.6 Å². The third-order valence-electron chi connectivity index (χ3n) is 2.31. The maximum Gasteiger partial charge on any atom is 0.257 e. The number of pyridine rings is 1. The number of hydrogen-bond acceptors (Lipinski definition) is 4. The van der Waals surface area contributed by atoms with Crippen LogP contribution >= 0.6 is 0 Å². The van der Waals surface area contributed by atoms with Crippen molar-refractivity contribution in [3.63, 3.8) is 0 Å². The Morgan fingerprint density at radius 2 is 2.18 bits per heavy atom. The highest BCUT2D eigenvalue weighted by molar-refractivity contribution is 7.89. The van der Waals surface area contributed by atoms with E-state index in [0.717, 1.165) is 5.56 Å². The lowest BCUT2D eigenvalue weighted by Gasteiger charge is -2.06. The molecule has 0 aliphatic heterocycles. The van der Waals surface area contributed by atoms with Crippen LogP contribution in [0.4, 0.5) is 0 Å². The first-order chi connectivity index (χ1) is 8.09. The van der Waals surface area contributed by atoms with E-state index in [9.17, 15) is 8.42 Å². The Hall–Kier alpha value is -1.73. The van der Waals surface area contributed by atoms with E-state index in [4.69, 9.17) is 0 Å². The predicted octanol–water partition coefficient (Wildman–Crippen LogP) is 0.592. The molecule has 0 spiro atoms. The van der Waals surface area contributed by atoms with Crippen molar-refractivity contribution in [2.24, 2.45) is 0 Å². The summed E-state index contributed by atoms with van der Waals surface area (Å²) in [7, 11) is -3.54. The molecule has 0 aliphatic rings. The van der Waals surface area contributed by atoms with Crippen molar-refractivity contribution in [1.82, 2.24) is 19.9 Å². The first-order valence-corrected chi connectivity index (χ1v) is 6.47. The molecule has 0 aliphatic carbocycles. The Morgan fingerprint density at radius 1 is 1.35 bits per heavy atom. The second-order valence-corrected chi connectivity index (χ2v) is 5.25. The Labute approximate surface area is 99.1 Å². The van der Waals surface area contributed by atoms with Crippen LogP contribution < -0.4 is 4.72 Å². The summed E-state index contributed by atoms with van der Waals surface area (Å²) in [4.78, 5) is 4.11. The van der Waals surface area contributed by atoms with E-state index in [0.29, 0.717) is 5.69 Å². The van der Waals surface area contributed by atoms with Gasteiger partial charge in [-0.1, -0.05) is 6.07 Å². The van der Waals surface area contributed by atoms with Gasteiger partial charge in [-0.2, -0.15) is 5.10 Å². The maximum absolute atomic E-state index is 11.8. The molecule has 0 unspecified atom stereocenters. The van der Waals surface area contributed by atoms with Crippen molar-refractivity contribution in [2.75, 3.05) is 0 Å². The summed E-state index contributed by atoms with van der Waals surface area (Å²) in [5, 5.41) is 6.06. The molecular formula is C10H12N4O2S. The summed E-state index contributed by atoms with van der Waals surface area (Å²) in [6.07, 6.45) is 3.02. The highest BCUT2D eigenvalue weighted by Gasteiger charge is 2.15. The number of H-pyrrole nitrogens is 1. The van der Waals surface area contributed by atoms with Crippen LogP contribution in [0.1, 0.15) is 11.3 Å². The van der Waals surface area contributed by atoms with Gasteiger partial charge in [0.05, 0.1) is 18.4 Å². The molecule has 0 fully saturated rings. The number of nitrogens with zero attached hydrogens (tertiary/aromatic N) is 2. The normalized spacial score (nSPS) is 11.6. The SMILES string of the molecule is Cc1cccnc1CNS(=O)(=O)c1ccn[nH]1. The van der Waals surface area contributed by atoms with Crippen molar-refractivity contribution in [3.05, 3.63) is 41.9 Å². The minimum absolute atomic E-state index is 0.0473. The van der Waals surface area contributed by atoms with Crippen molar-refractivity contribution < 1.29 is 8.42 Å². The molecule has 90 valence electrons. The molecule has 2 heterocycles. The van der Waals surface area contributed by atoms with Gasteiger partial charge in [0.2, 0.25) is 0 Å². The first-order valence-electron chi connectivity index (χ1n) is 4.99. The molecule has 0 radical (unpaired) electrons. The Morgan fingerprint density at radius 3 is 2.82 bits per heavy atom. The fourth-order valence-corrected chi connectivity index (χ4v) is 2.23. The molecule has 0 amide bonds. The zero-order valence-electron chi connectivity index (χ0n) is 9.21. The van der Waals surface area contributed by atoms with Gasteiger partial charge in [0.15, 0.2) is 5.03 Å². The minimum Gasteiger partial charge on any atom is -0.266 e. The summed E-state index contributed by atoms with van der Waals surface area (Å²) in [5.74, 6) is 0. The van der Waals surface area contributed by atoms with E-state index in [1.165, 1.54) is 12.3 Å². The molecule has 0 atom stereocenters. The number of aromatic nitrogens is 3. The second kappa shape index (κ2) is 4.64. The van der Waals surface area contributed by atoms with Crippen LogP contribution in [-0.2, 0) is 16.6 Å². The van der Waals surface area contributed by atoms with E-state index < -0.39 is 10.0 Å². The van der Waals surface area contributed by atoms with Crippen molar-refractivity contribution in [1.29, 1.82) is 0 Å². The first kappa shape index (κ1) is 11.7. The van der Waals surface area contributed by atoms with Gasteiger partial charge in [-0.05, 0) is 24.6 Å². The van der Waals surface area contributed by atoms with Crippen LogP contribution in [0.25, 0.3) is 0 Å². The van der Waals surface area contributed by atoms with Gasteiger partial charge in [0.25, 0.3) is 10.0 Å². The maximum atomic E-state index is 11.8. The molecule has 0 saturated heterocycles. The summed E-state index contributed by atoms with van der Waals surface area (Å²) >= 11 is 0. The summed E-state index contributed by atoms with van der Waals surface area (Å²) in [5.41, 5.74) is 1.65. The number of nitrogens with one attached hydrogen (secondary N) is 2. The lowest BCUT2D eigenvalue weighted by atomic mass is 10.2. The predicted molar refractivity (Wildman–Crippen MR) is 61.6 cm³/mol. The summed E-state index contributed by atoms with van der Waals surface area (Å²) in [6.45, 7) is 2.04. The van der Waals surface area contributed by atoms with E-state index in [1.807, 2.05) is 19.1 Å². The molecule has 17 heavy (non-hydrogen) atoms. The van der Waals surface area contributed by atoms with Crippen LogP contribution in [0.3, 0.4) is 0 Å². The van der Waals surface area contributed by atoms with Gasteiger partial charge in [0.1, 0.15) is 0 Å². The highest BCUT2D eigenvalue weighted by atomic mass is 32.2. The number of hydrogen-bond donors (Lipinski definition) is 2. The highest BCUT2D eigenvalue weighted by Crippen LogP contribution is 2.06. The molecule has 2 aromatic rings. The van der Waals surface area contributed by atoms with Gasteiger partial charge < -0.3 is 0 Å². The molecule has 7 heteroatoms. The summed E-state index contributed by atoms with van der Waals surface area (Å²) in [6, 6.07) is 5.09. The Bertz CT molecular complexity index is 593. The molecule has 0 bridgehead atoms. The van der Waals surface area contributed by atoms with Crippen LogP contribution in [0.2, 0.25) is 0 Å². The zero-order valence-corrected chi connectivity index (χ0v) is 10.0. The molecule has 2 rings (SSSR count). The van der Waals surface area contributed by atoms with Crippen molar-refractivity contribution >= 4 is 10.0 Å². The molecule has 0 aromatic carbocycles. The number of sulfonamides is 1. The van der Waals surface area contributed by atoms with Crippen LogP contribution in [-0.4, -0.2) is 23.6 Å². The Kier molecular flexibility index (Phi) is 3.21. The van der Waals surface area contributed by atoms with Crippen molar-refractivity contribution in [2.45, 2.75) is 18.5 Å². The van der Waals surface area contributed by atoms with E-state index in [2.05, 4.69) is 19.9 Å². The standard InChI is InChI=1S/C10H12N4O2S/c1-8-3-2-5-11-9(8)7-13-17(15,16)10-4-6-12-14-10/h2-6,13H,7H2,1H3,(H,12,14). The van der Waals surface area contributed by atoms with Crippen LogP contribution in [0, 0.1) is 6.92 Å². The van der Waals surface area contributed by atoms with Crippen LogP contribution in [0.5, 0.6) is 0 Å². The average Bonchev–Trinajstić information content (AvgIpc) is 2.82. The quantitative estimate of drug-likeness (QED) is 0.833. The number of rotatable bonds is 4. The minimum atomic E-state index is -3.54. The topological polar surface area (TPSA) is 87.7 Å². The third kappa shape index (κ3) is 2.69. The summed E-state index contributed by atoms with van der Waals surface area (Å²) < 4.78 is 26.0. The molecular weight excluding hydrogens is 240 g/mol. The molecule has 0 saturated carbocycles. The van der Waals surface area contributed by atoms with Gasteiger partial charge in [0, 0.05) is 6.20 Å². The molecule has 2 aromatic heterocycles. The van der Waals surface area contributed by atoms with Gasteiger partial charge in [-0.15, -0.1) is 0 Å². The van der Waals surface area contributed by atoms with E-state index in [1.54, 1.807) is 6.20 Å². The van der Waals surface area contributed by atoms with E-state index in [-0.39, 0.29) is 11.6 Å². The molecule has 6 nitrogen and oxygen atoms in total. The number of aryl methyl sites for hydroxylation is 1. The fraction of sp³-hybridized carbons (Fsp3) is 0.200. The lowest BCUT2D eigenvalue weighted by molar-refractivity contribution is 0.576. The average molecular weight is 252 g/mol. The smallest absolute Gasteiger partial charge is 0.257 e. The number of aromatic amines is 1. The van der Waals surface area contributed by atoms with E-state index >= 15 is 0 Å². The van der Waals surface area contributed by atoms with Crippen molar-refractivity contribution in [3.8, 4) is 0 Å². The second-order valence-electron chi connectivity index (χ2n) is 3.51. The van der Waals surface area contributed by atoms with Gasteiger partial charge in [-0.25, -0.2) is 13.1 Å². The Balaban J connectivity index is 2.12. The third-order valence-corrected chi connectivity index (χ3v) is 3.64. The largest absolute Gasteiger partial charge is 0.266 e. The zero-order chi connectivity index (χ0) is 12.3. The molecule has 2 N–H and O–H groups in total. The lowest BCUT2D eigenvalue weighted by Crippen LogP contribution is -2.24. The van der Waals surface area contributed by atoms with Gasteiger partial charge in [-0.3, -0.25) is 10.1 Å². The monoisotopic (exact) mass is 252 g/mol. The van der Waals surface area contributed by atoms with Gasteiger partial charge >= 0.3 is 0 Å².